The Morgan fingerprint density at radius 3 is 2.79 bits per heavy atom. The third-order valence-corrected chi connectivity index (χ3v) is 4.10. The molecule has 2 rings (SSSR count). The maximum atomic E-state index is 14.0. The maximum Gasteiger partial charge on any atom is 0.387 e. The molecule has 2 N–H and O–H groups in total. The number of amides is 1. The number of aliphatic imine (C=N–C) groups is 1. The van der Waals surface area contributed by atoms with Crippen LogP contribution in [0.15, 0.2) is 23.2 Å². The summed E-state index contributed by atoms with van der Waals surface area (Å²) in [5.41, 5.74) is -0.0299. The highest BCUT2D eigenvalue weighted by atomic mass is 127. The van der Waals surface area contributed by atoms with Gasteiger partial charge in [-0.15, -0.1) is 24.0 Å². The zero-order chi connectivity index (χ0) is 19.6. The molecule has 1 aliphatic rings. The molecule has 0 saturated carbocycles. The molecule has 28 heavy (non-hydrogen) atoms. The van der Waals surface area contributed by atoms with Gasteiger partial charge >= 0.3 is 6.61 Å². The molecule has 0 aromatic heterocycles. The number of ether oxygens (including phenoxy) is 1. The van der Waals surface area contributed by atoms with Gasteiger partial charge in [-0.3, -0.25) is 4.79 Å². The normalized spacial score (nSPS) is 14.2. The van der Waals surface area contributed by atoms with Crippen molar-refractivity contribution in [3.8, 4) is 5.75 Å². The minimum Gasteiger partial charge on any atom is -0.434 e. The smallest absolute Gasteiger partial charge is 0.387 e. The van der Waals surface area contributed by atoms with Gasteiger partial charge < -0.3 is 20.3 Å². The summed E-state index contributed by atoms with van der Waals surface area (Å²) < 4.78 is 43.3. The van der Waals surface area contributed by atoms with Crippen LogP contribution >= 0.6 is 24.0 Å². The SMILES string of the molecule is CCNC(=NCc1c(F)cccc1OC(F)F)NCCCN1CCCC1=O.I. The van der Waals surface area contributed by atoms with Gasteiger partial charge in [0, 0.05) is 32.6 Å². The number of hydrogen-bond donors (Lipinski definition) is 2. The van der Waals surface area contributed by atoms with Crippen LogP contribution in [0.2, 0.25) is 0 Å². The fourth-order valence-corrected chi connectivity index (χ4v) is 2.82. The number of nitrogens with one attached hydrogen (secondary N) is 2. The van der Waals surface area contributed by atoms with Gasteiger partial charge in [-0.25, -0.2) is 9.38 Å². The molecule has 0 radical (unpaired) electrons. The second kappa shape index (κ2) is 12.7. The van der Waals surface area contributed by atoms with Gasteiger partial charge in [-0.05, 0) is 31.9 Å². The number of nitrogens with zero attached hydrogens (tertiary/aromatic N) is 2. The van der Waals surface area contributed by atoms with Crippen LogP contribution < -0.4 is 15.4 Å². The number of carbonyl (C=O) groups is 1. The molecular formula is C18H26F3IN4O2. The van der Waals surface area contributed by atoms with Crippen LogP contribution in [0.5, 0.6) is 5.75 Å². The summed E-state index contributed by atoms with van der Waals surface area (Å²) in [4.78, 5) is 17.7. The Hall–Kier alpha value is -1.72. The van der Waals surface area contributed by atoms with Crippen LogP contribution in [0.25, 0.3) is 0 Å². The van der Waals surface area contributed by atoms with E-state index < -0.39 is 12.4 Å². The number of halogens is 4. The van der Waals surface area contributed by atoms with Crippen LogP contribution in [-0.4, -0.2) is 49.6 Å². The van der Waals surface area contributed by atoms with Gasteiger partial charge in [0.1, 0.15) is 11.6 Å². The molecule has 1 heterocycles. The maximum absolute atomic E-state index is 14.0. The summed E-state index contributed by atoms with van der Waals surface area (Å²) in [6, 6.07) is 3.77. The lowest BCUT2D eigenvalue weighted by Crippen LogP contribution is -2.39. The van der Waals surface area contributed by atoms with Crippen molar-refractivity contribution < 1.29 is 22.7 Å². The third kappa shape index (κ3) is 7.72. The highest BCUT2D eigenvalue weighted by Crippen LogP contribution is 2.24. The molecule has 0 spiro atoms. The Labute approximate surface area is 179 Å². The van der Waals surface area contributed by atoms with E-state index in [0.717, 1.165) is 19.4 Å². The van der Waals surface area contributed by atoms with Gasteiger partial charge in [0.15, 0.2) is 5.96 Å². The van der Waals surface area contributed by atoms with Gasteiger partial charge in [-0.2, -0.15) is 8.78 Å². The molecule has 158 valence electrons. The van der Waals surface area contributed by atoms with E-state index in [1.165, 1.54) is 18.2 Å². The zero-order valence-electron chi connectivity index (χ0n) is 15.7. The van der Waals surface area contributed by atoms with Crippen molar-refractivity contribution in [1.82, 2.24) is 15.5 Å². The van der Waals surface area contributed by atoms with E-state index in [1.54, 1.807) is 0 Å². The first kappa shape index (κ1) is 24.3. The van der Waals surface area contributed by atoms with Gasteiger partial charge in [0.25, 0.3) is 0 Å². The Morgan fingerprint density at radius 1 is 1.36 bits per heavy atom. The minimum atomic E-state index is -3.03. The molecule has 0 aliphatic carbocycles. The van der Waals surface area contributed by atoms with E-state index in [0.29, 0.717) is 32.0 Å². The zero-order valence-corrected chi connectivity index (χ0v) is 18.0. The topological polar surface area (TPSA) is 66.0 Å². The van der Waals surface area contributed by atoms with E-state index in [-0.39, 0.29) is 47.7 Å². The Kier molecular flexibility index (Phi) is 11.0. The van der Waals surface area contributed by atoms with Crippen molar-refractivity contribution in [2.75, 3.05) is 26.2 Å². The average molecular weight is 514 g/mol. The number of carbonyl (C=O) groups excluding carboxylic acids is 1. The lowest BCUT2D eigenvalue weighted by Gasteiger charge is -2.16. The van der Waals surface area contributed by atoms with Gasteiger partial charge in [-0.1, -0.05) is 6.07 Å². The number of alkyl halides is 2. The standard InChI is InChI=1S/C18H25F3N4O2.HI/c1-2-22-18(23-9-5-11-25-10-4-8-16(25)26)24-12-13-14(19)6-3-7-15(13)27-17(20)21;/h3,6-7,17H,2,4-5,8-12H2,1H3,(H2,22,23,24);1H. The molecule has 6 nitrogen and oxygen atoms in total. The molecule has 0 unspecified atom stereocenters. The van der Waals surface area contributed by atoms with Crippen LogP contribution in [-0.2, 0) is 11.3 Å². The molecule has 1 amide bonds. The van der Waals surface area contributed by atoms with Crippen molar-refractivity contribution in [2.45, 2.75) is 39.3 Å². The number of benzene rings is 1. The second-order valence-corrected chi connectivity index (χ2v) is 6.05. The van der Waals surface area contributed by atoms with Crippen LogP contribution in [0.4, 0.5) is 13.2 Å². The lowest BCUT2D eigenvalue weighted by atomic mass is 10.2. The summed E-state index contributed by atoms with van der Waals surface area (Å²) in [6.07, 6.45) is 2.26. The Bertz CT molecular complexity index is 662. The summed E-state index contributed by atoms with van der Waals surface area (Å²) in [5.74, 6) is -0.254. The second-order valence-electron chi connectivity index (χ2n) is 6.05. The van der Waals surface area contributed by atoms with Gasteiger partial charge in [0.2, 0.25) is 5.91 Å². The highest BCUT2D eigenvalue weighted by molar-refractivity contribution is 14.0. The molecule has 0 atom stereocenters. The minimum absolute atomic E-state index is 0. The molecule has 1 aromatic carbocycles. The fraction of sp³-hybridized carbons (Fsp3) is 0.556. The Morgan fingerprint density at radius 2 is 2.14 bits per heavy atom. The largest absolute Gasteiger partial charge is 0.434 e. The van der Waals surface area contributed by atoms with Crippen molar-refractivity contribution >= 4 is 35.8 Å². The average Bonchev–Trinajstić information content (AvgIpc) is 3.02. The summed E-state index contributed by atoms with van der Waals surface area (Å²) in [6.45, 7) is 1.34. The Balaban J connectivity index is 0.00000392. The first-order chi connectivity index (χ1) is 13.0. The first-order valence-corrected chi connectivity index (χ1v) is 9.03. The van der Waals surface area contributed by atoms with E-state index in [1.807, 2.05) is 11.8 Å². The molecule has 1 aliphatic heterocycles. The number of likely N-dealkylation sites (tertiary alicyclic amines) is 1. The van der Waals surface area contributed by atoms with Crippen molar-refractivity contribution in [3.05, 3.63) is 29.6 Å². The van der Waals surface area contributed by atoms with Crippen LogP contribution in [0, 0.1) is 5.82 Å². The van der Waals surface area contributed by atoms with E-state index in [9.17, 15) is 18.0 Å². The molecule has 0 bridgehead atoms. The predicted molar refractivity (Wildman–Crippen MR) is 112 cm³/mol. The molecule has 1 fully saturated rings. The molecular weight excluding hydrogens is 488 g/mol. The van der Waals surface area contributed by atoms with Crippen molar-refractivity contribution in [2.24, 2.45) is 4.99 Å². The third-order valence-electron chi connectivity index (χ3n) is 4.10. The van der Waals surface area contributed by atoms with Gasteiger partial charge in [0.05, 0.1) is 12.1 Å². The van der Waals surface area contributed by atoms with Crippen molar-refractivity contribution in [3.63, 3.8) is 0 Å². The lowest BCUT2D eigenvalue weighted by molar-refractivity contribution is -0.127. The highest BCUT2D eigenvalue weighted by Gasteiger charge is 2.19. The summed E-state index contributed by atoms with van der Waals surface area (Å²) in [7, 11) is 0. The molecule has 1 saturated heterocycles. The van der Waals surface area contributed by atoms with Crippen molar-refractivity contribution in [1.29, 1.82) is 0 Å². The predicted octanol–water partition coefficient (Wildman–Crippen LogP) is 3.11. The quantitative estimate of drug-likeness (QED) is 0.230. The fourth-order valence-electron chi connectivity index (χ4n) is 2.82. The first-order valence-electron chi connectivity index (χ1n) is 9.03. The molecule has 10 heteroatoms. The number of guanidine groups is 1. The van der Waals surface area contributed by atoms with E-state index in [2.05, 4.69) is 20.4 Å². The summed E-state index contributed by atoms with van der Waals surface area (Å²) in [5, 5.41) is 6.12. The monoisotopic (exact) mass is 514 g/mol. The van der Waals surface area contributed by atoms with Crippen LogP contribution in [0.1, 0.15) is 31.7 Å². The molecule has 1 aromatic rings. The van der Waals surface area contributed by atoms with Crippen LogP contribution in [0.3, 0.4) is 0 Å². The van der Waals surface area contributed by atoms with E-state index >= 15 is 0 Å². The van der Waals surface area contributed by atoms with E-state index in [4.69, 9.17) is 0 Å². The summed E-state index contributed by atoms with van der Waals surface area (Å²) >= 11 is 0. The number of hydrogen-bond acceptors (Lipinski definition) is 3. The number of rotatable bonds is 9.